The first-order valence-corrected chi connectivity index (χ1v) is 10.1. The number of benzene rings is 1. The number of nitrogens with zero attached hydrogens (tertiary/aromatic N) is 2. The van der Waals surface area contributed by atoms with Crippen LogP contribution < -0.4 is 4.72 Å². The Morgan fingerprint density at radius 1 is 1.33 bits per heavy atom. The Morgan fingerprint density at radius 3 is 2.67 bits per heavy atom. The van der Waals surface area contributed by atoms with E-state index < -0.39 is 16.0 Å². The summed E-state index contributed by atoms with van der Waals surface area (Å²) in [5, 5.41) is 8.30. The normalized spacial score (nSPS) is 11.5. The number of sulfonamides is 1. The third-order valence-corrected chi connectivity index (χ3v) is 6.40. The fourth-order valence-corrected chi connectivity index (χ4v) is 5.28. The topological polar surface area (TPSA) is 98.2 Å². The Balaban J connectivity index is 2.30. The number of hydrogen-bond donors (Lipinski definition) is 1. The highest BCUT2D eigenvalue weighted by Gasteiger charge is 2.21. The van der Waals surface area contributed by atoms with Crippen LogP contribution in [0.1, 0.15) is 29.8 Å². The molecule has 1 N–H and O–H groups in total. The van der Waals surface area contributed by atoms with E-state index in [1.54, 1.807) is 13.0 Å². The van der Waals surface area contributed by atoms with Gasteiger partial charge >= 0.3 is 5.97 Å². The van der Waals surface area contributed by atoms with E-state index >= 15 is 0 Å². The summed E-state index contributed by atoms with van der Waals surface area (Å²) < 4.78 is 32.9. The standard InChI is InChI=1S/C14H17N3O4S3/c1-8(2)22-14-16-15-13(23-14)17-24(19,20)11-7-10(12(18)21-4)6-5-9(11)3/h5-8H,1-4H3,(H,15,17). The number of carbonyl (C=O) groups is 1. The van der Waals surface area contributed by atoms with Crippen LogP contribution in [0.3, 0.4) is 0 Å². The van der Waals surface area contributed by atoms with Crippen molar-refractivity contribution < 1.29 is 17.9 Å². The number of carbonyl (C=O) groups excluding carboxylic acids is 1. The molecule has 2 rings (SSSR count). The Hall–Kier alpha value is -1.65. The summed E-state index contributed by atoms with van der Waals surface area (Å²) in [7, 11) is -2.64. The van der Waals surface area contributed by atoms with Crippen molar-refractivity contribution in [3.63, 3.8) is 0 Å². The highest BCUT2D eigenvalue weighted by Crippen LogP contribution is 2.30. The molecule has 0 amide bonds. The molecule has 1 heterocycles. The molecule has 0 aliphatic heterocycles. The van der Waals surface area contributed by atoms with E-state index in [-0.39, 0.29) is 15.6 Å². The smallest absolute Gasteiger partial charge is 0.337 e. The molecule has 1 aromatic carbocycles. The number of anilines is 1. The molecule has 0 saturated heterocycles. The van der Waals surface area contributed by atoms with Gasteiger partial charge in [-0.15, -0.1) is 10.2 Å². The summed E-state index contributed by atoms with van der Waals surface area (Å²) in [5.74, 6) is -0.599. The predicted octanol–water partition coefficient (Wildman–Crippen LogP) is 2.93. The average Bonchev–Trinajstić information content (AvgIpc) is 2.92. The summed E-state index contributed by atoms with van der Waals surface area (Å²) in [6.45, 7) is 5.67. The minimum absolute atomic E-state index is 0.00124. The summed E-state index contributed by atoms with van der Waals surface area (Å²) in [6.07, 6.45) is 0. The number of aromatic nitrogens is 2. The zero-order valence-corrected chi connectivity index (χ0v) is 16.0. The van der Waals surface area contributed by atoms with Crippen molar-refractivity contribution >= 4 is 44.2 Å². The number of thioether (sulfide) groups is 1. The molecule has 2 aromatic rings. The summed E-state index contributed by atoms with van der Waals surface area (Å²) >= 11 is 2.66. The summed E-state index contributed by atoms with van der Waals surface area (Å²) in [6, 6.07) is 4.36. The van der Waals surface area contributed by atoms with E-state index in [4.69, 9.17) is 0 Å². The molecule has 0 aliphatic rings. The molecule has 0 fully saturated rings. The third kappa shape index (κ3) is 4.46. The van der Waals surface area contributed by atoms with Gasteiger partial charge in [0.1, 0.15) is 0 Å². The highest BCUT2D eigenvalue weighted by atomic mass is 32.2. The third-order valence-electron chi connectivity index (χ3n) is 2.86. The fourth-order valence-electron chi connectivity index (χ4n) is 1.80. The van der Waals surface area contributed by atoms with Crippen LogP contribution >= 0.6 is 23.1 Å². The van der Waals surface area contributed by atoms with Gasteiger partial charge in [0.15, 0.2) is 4.34 Å². The van der Waals surface area contributed by atoms with Crippen molar-refractivity contribution in [1.82, 2.24) is 10.2 Å². The molecule has 0 bridgehead atoms. The predicted molar refractivity (Wildman–Crippen MR) is 94.2 cm³/mol. The van der Waals surface area contributed by atoms with Crippen LogP contribution in [0.25, 0.3) is 0 Å². The second-order valence-corrected chi connectivity index (χ2v) is 9.57. The van der Waals surface area contributed by atoms with Gasteiger partial charge in [0.05, 0.1) is 17.6 Å². The van der Waals surface area contributed by atoms with Gasteiger partial charge in [-0.2, -0.15) is 0 Å². The number of methoxy groups -OCH3 is 1. The molecule has 130 valence electrons. The Bertz CT molecular complexity index is 847. The number of nitrogens with one attached hydrogen (secondary N) is 1. The minimum Gasteiger partial charge on any atom is -0.465 e. The number of rotatable bonds is 6. The van der Waals surface area contributed by atoms with Crippen molar-refractivity contribution in [2.24, 2.45) is 0 Å². The zero-order chi connectivity index (χ0) is 17.9. The molecular weight excluding hydrogens is 370 g/mol. The van der Waals surface area contributed by atoms with Crippen molar-refractivity contribution in [3.8, 4) is 0 Å². The first-order chi connectivity index (χ1) is 11.2. The molecule has 0 atom stereocenters. The lowest BCUT2D eigenvalue weighted by molar-refractivity contribution is 0.0600. The largest absolute Gasteiger partial charge is 0.465 e. The van der Waals surface area contributed by atoms with Crippen LogP contribution in [0.4, 0.5) is 5.13 Å². The zero-order valence-electron chi connectivity index (χ0n) is 13.6. The molecular formula is C14H17N3O4S3. The first-order valence-electron chi connectivity index (χ1n) is 6.95. The Morgan fingerprint density at radius 2 is 2.04 bits per heavy atom. The molecule has 0 aliphatic carbocycles. The van der Waals surface area contributed by atoms with Gasteiger partial charge in [-0.3, -0.25) is 4.72 Å². The van der Waals surface area contributed by atoms with E-state index in [0.29, 0.717) is 15.2 Å². The molecule has 0 radical (unpaired) electrons. The quantitative estimate of drug-likeness (QED) is 0.601. The SMILES string of the molecule is COC(=O)c1ccc(C)c(S(=O)(=O)Nc2nnc(SC(C)C)s2)c1. The van der Waals surface area contributed by atoms with Gasteiger partial charge < -0.3 is 4.74 Å². The molecule has 0 saturated carbocycles. The van der Waals surface area contributed by atoms with Gasteiger partial charge in [-0.05, 0) is 24.6 Å². The maximum Gasteiger partial charge on any atom is 0.337 e. The van der Waals surface area contributed by atoms with E-state index in [2.05, 4.69) is 19.7 Å². The second kappa shape index (κ2) is 7.49. The van der Waals surface area contributed by atoms with Crippen LogP contribution in [-0.4, -0.2) is 36.9 Å². The number of hydrogen-bond acceptors (Lipinski definition) is 8. The maximum atomic E-state index is 12.6. The fraction of sp³-hybridized carbons (Fsp3) is 0.357. The van der Waals surface area contributed by atoms with Gasteiger partial charge in [-0.25, -0.2) is 13.2 Å². The van der Waals surface area contributed by atoms with E-state index in [1.807, 2.05) is 13.8 Å². The molecule has 10 heteroatoms. The molecule has 1 aromatic heterocycles. The van der Waals surface area contributed by atoms with Gasteiger partial charge in [0, 0.05) is 5.25 Å². The first kappa shape index (κ1) is 18.7. The average molecular weight is 388 g/mol. The lowest BCUT2D eigenvalue weighted by Crippen LogP contribution is -2.15. The van der Waals surface area contributed by atoms with E-state index in [1.165, 1.54) is 31.0 Å². The Kier molecular flexibility index (Phi) is 5.83. The van der Waals surface area contributed by atoms with Crippen molar-refractivity contribution in [3.05, 3.63) is 29.3 Å². The minimum atomic E-state index is -3.88. The molecule has 24 heavy (non-hydrogen) atoms. The number of aryl methyl sites for hydroxylation is 1. The van der Waals surface area contributed by atoms with Gasteiger partial charge in [-0.1, -0.05) is 43.0 Å². The lowest BCUT2D eigenvalue weighted by atomic mass is 10.1. The van der Waals surface area contributed by atoms with Crippen LogP contribution in [0.15, 0.2) is 27.4 Å². The number of ether oxygens (including phenoxy) is 1. The lowest BCUT2D eigenvalue weighted by Gasteiger charge is -2.09. The van der Waals surface area contributed by atoms with E-state index in [9.17, 15) is 13.2 Å². The van der Waals surface area contributed by atoms with Gasteiger partial charge in [0.2, 0.25) is 5.13 Å². The monoisotopic (exact) mass is 387 g/mol. The highest BCUT2D eigenvalue weighted by molar-refractivity contribution is 8.01. The summed E-state index contributed by atoms with van der Waals surface area (Å²) in [4.78, 5) is 11.6. The van der Waals surface area contributed by atoms with Crippen molar-refractivity contribution in [1.29, 1.82) is 0 Å². The van der Waals surface area contributed by atoms with E-state index in [0.717, 1.165) is 11.3 Å². The van der Waals surface area contributed by atoms with Gasteiger partial charge in [0.25, 0.3) is 10.0 Å². The van der Waals surface area contributed by atoms with Crippen LogP contribution in [0, 0.1) is 6.92 Å². The Labute approximate surface area is 148 Å². The van der Waals surface area contributed by atoms with Crippen molar-refractivity contribution in [2.45, 2.75) is 35.3 Å². The van der Waals surface area contributed by atoms with Crippen LogP contribution in [0.5, 0.6) is 0 Å². The second-order valence-electron chi connectivity index (χ2n) is 5.12. The molecule has 0 spiro atoms. The molecule has 7 nitrogen and oxygen atoms in total. The molecule has 0 unspecified atom stereocenters. The van der Waals surface area contributed by atoms with Crippen LogP contribution in [-0.2, 0) is 14.8 Å². The van der Waals surface area contributed by atoms with Crippen molar-refractivity contribution in [2.75, 3.05) is 11.8 Å². The van der Waals surface area contributed by atoms with Crippen LogP contribution in [0.2, 0.25) is 0 Å². The maximum absolute atomic E-state index is 12.6. The summed E-state index contributed by atoms with van der Waals surface area (Å²) in [5.41, 5.74) is 0.674. The number of esters is 1.